The minimum absolute atomic E-state index is 0.0209. The number of nitrogens with one attached hydrogen (secondary N) is 1. The van der Waals surface area contributed by atoms with Crippen LogP contribution in [0.2, 0.25) is 0 Å². The summed E-state index contributed by atoms with van der Waals surface area (Å²) in [6, 6.07) is 14.4. The van der Waals surface area contributed by atoms with Gasteiger partial charge in [-0.1, -0.05) is 48.0 Å². The van der Waals surface area contributed by atoms with Gasteiger partial charge in [-0.15, -0.1) is 0 Å². The fraction of sp³-hybridized carbons (Fsp3) is 0.316. The molecule has 0 spiro atoms. The van der Waals surface area contributed by atoms with E-state index in [0.29, 0.717) is 6.54 Å². The van der Waals surface area contributed by atoms with Crippen molar-refractivity contribution >= 4 is 11.6 Å². The van der Waals surface area contributed by atoms with Crippen molar-refractivity contribution in [3.8, 4) is 0 Å². The largest absolute Gasteiger partial charge is 0.324 e. The third kappa shape index (κ3) is 4.43. The van der Waals surface area contributed by atoms with Crippen LogP contribution >= 0.6 is 0 Å². The molecule has 0 unspecified atom stereocenters. The second-order valence-corrected chi connectivity index (χ2v) is 5.98. The lowest BCUT2D eigenvalue weighted by Crippen LogP contribution is -2.30. The first kappa shape index (κ1) is 16.2. The lowest BCUT2D eigenvalue weighted by molar-refractivity contribution is -0.117. The quantitative estimate of drug-likeness (QED) is 0.913. The Labute approximate surface area is 133 Å². The summed E-state index contributed by atoms with van der Waals surface area (Å²) in [5.41, 5.74) is 5.58. The summed E-state index contributed by atoms with van der Waals surface area (Å²) in [5, 5.41) is 3.03. The van der Waals surface area contributed by atoms with Crippen molar-refractivity contribution < 1.29 is 4.79 Å². The summed E-state index contributed by atoms with van der Waals surface area (Å²) in [4.78, 5) is 14.3. The first-order chi connectivity index (χ1) is 10.5. The van der Waals surface area contributed by atoms with Crippen LogP contribution in [-0.4, -0.2) is 24.4 Å². The molecule has 1 N–H and O–H groups in total. The standard InChI is InChI=1S/C19H24N2O/c1-14-7-5-10-17(11-14)12-21(4)13-18(22)20-19-15(2)8-6-9-16(19)3/h5-11H,12-13H2,1-4H3,(H,20,22). The van der Waals surface area contributed by atoms with Gasteiger partial charge in [0.05, 0.1) is 6.54 Å². The van der Waals surface area contributed by atoms with Crippen molar-refractivity contribution in [3.05, 3.63) is 64.7 Å². The molecule has 0 bridgehead atoms. The Hall–Kier alpha value is -2.13. The van der Waals surface area contributed by atoms with E-state index in [0.717, 1.165) is 23.4 Å². The zero-order valence-electron chi connectivity index (χ0n) is 13.8. The highest BCUT2D eigenvalue weighted by atomic mass is 16.2. The second kappa shape index (κ2) is 7.23. The third-order valence-electron chi connectivity index (χ3n) is 3.69. The van der Waals surface area contributed by atoms with Gasteiger partial charge in [0.15, 0.2) is 0 Å². The van der Waals surface area contributed by atoms with Gasteiger partial charge >= 0.3 is 0 Å². The molecule has 0 aromatic heterocycles. The van der Waals surface area contributed by atoms with Crippen molar-refractivity contribution in [2.75, 3.05) is 18.9 Å². The average Bonchev–Trinajstić information content (AvgIpc) is 2.43. The number of nitrogens with zero attached hydrogens (tertiary/aromatic N) is 1. The van der Waals surface area contributed by atoms with E-state index in [4.69, 9.17) is 0 Å². The van der Waals surface area contributed by atoms with Crippen molar-refractivity contribution in [2.24, 2.45) is 0 Å². The molecule has 0 aliphatic heterocycles. The van der Waals surface area contributed by atoms with Crippen LogP contribution in [0.3, 0.4) is 0 Å². The Bertz CT molecular complexity index is 644. The monoisotopic (exact) mass is 296 g/mol. The molecular formula is C19H24N2O. The maximum atomic E-state index is 12.2. The van der Waals surface area contributed by atoms with E-state index < -0.39 is 0 Å². The van der Waals surface area contributed by atoms with Crippen LogP contribution in [0.25, 0.3) is 0 Å². The Morgan fingerprint density at radius 2 is 1.68 bits per heavy atom. The minimum Gasteiger partial charge on any atom is -0.324 e. The molecule has 22 heavy (non-hydrogen) atoms. The van der Waals surface area contributed by atoms with E-state index in [1.54, 1.807) is 0 Å². The molecule has 0 fully saturated rings. The second-order valence-electron chi connectivity index (χ2n) is 5.98. The predicted octanol–water partition coefficient (Wildman–Crippen LogP) is 3.68. The molecule has 0 aliphatic carbocycles. The zero-order valence-corrected chi connectivity index (χ0v) is 13.8. The highest BCUT2D eigenvalue weighted by Gasteiger charge is 2.10. The number of carbonyl (C=O) groups excluding carboxylic acids is 1. The van der Waals surface area contributed by atoms with Gasteiger partial charge in [0.1, 0.15) is 0 Å². The first-order valence-corrected chi connectivity index (χ1v) is 7.56. The third-order valence-corrected chi connectivity index (χ3v) is 3.69. The average molecular weight is 296 g/mol. The van der Waals surface area contributed by atoms with Gasteiger partial charge in [-0.3, -0.25) is 9.69 Å². The number of aryl methyl sites for hydroxylation is 3. The van der Waals surface area contributed by atoms with Gasteiger partial charge in [-0.25, -0.2) is 0 Å². The topological polar surface area (TPSA) is 32.3 Å². The smallest absolute Gasteiger partial charge is 0.238 e. The van der Waals surface area contributed by atoms with Crippen LogP contribution in [0, 0.1) is 20.8 Å². The van der Waals surface area contributed by atoms with E-state index in [2.05, 4.69) is 36.5 Å². The molecule has 3 nitrogen and oxygen atoms in total. The van der Waals surface area contributed by atoms with Gasteiger partial charge in [0.2, 0.25) is 5.91 Å². The molecule has 0 heterocycles. The highest BCUT2D eigenvalue weighted by Crippen LogP contribution is 2.19. The molecule has 3 heteroatoms. The van der Waals surface area contributed by atoms with Crippen molar-refractivity contribution in [1.82, 2.24) is 4.90 Å². The lowest BCUT2D eigenvalue weighted by atomic mass is 10.1. The van der Waals surface area contributed by atoms with E-state index in [1.807, 2.05) is 44.0 Å². The summed E-state index contributed by atoms with van der Waals surface area (Å²) in [6.45, 7) is 7.25. The number of para-hydroxylation sites is 1. The number of carbonyl (C=O) groups is 1. The fourth-order valence-electron chi connectivity index (χ4n) is 2.61. The summed E-state index contributed by atoms with van der Waals surface area (Å²) in [7, 11) is 1.96. The zero-order chi connectivity index (χ0) is 16.1. The Morgan fingerprint density at radius 1 is 1.05 bits per heavy atom. The maximum Gasteiger partial charge on any atom is 0.238 e. The minimum atomic E-state index is 0.0209. The van der Waals surface area contributed by atoms with Crippen LogP contribution in [0.5, 0.6) is 0 Å². The summed E-state index contributed by atoms with van der Waals surface area (Å²) in [6.07, 6.45) is 0. The Kier molecular flexibility index (Phi) is 5.34. The predicted molar refractivity (Wildman–Crippen MR) is 92.1 cm³/mol. The van der Waals surface area contributed by atoms with Crippen LogP contribution in [0.1, 0.15) is 22.3 Å². The van der Waals surface area contributed by atoms with Crippen molar-refractivity contribution in [3.63, 3.8) is 0 Å². The van der Waals surface area contributed by atoms with Gasteiger partial charge in [-0.05, 0) is 44.5 Å². The van der Waals surface area contributed by atoms with Crippen LogP contribution in [-0.2, 0) is 11.3 Å². The molecule has 116 valence electrons. The van der Waals surface area contributed by atoms with Gasteiger partial charge < -0.3 is 5.32 Å². The molecule has 2 rings (SSSR count). The van der Waals surface area contributed by atoms with Gasteiger partial charge in [-0.2, -0.15) is 0 Å². The number of rotatable bonds is 5. The van der Waals surface area contributed by atoms with Crippen molar-refractivity contribution in [1.29, 1.82) is 0 Å². The molecule has 2 aromatic carbocycles. The van der Waals surface area contributed by atoms with Gasteiger partial charge in [0.25, 0.3) is 0 Å². The number of likely N-dealkylation sites (N-methyl/N-ethyl adjacent to an activating group) is 1. The number of anilines is 1. The van der Waals surface area contributed by atoms with Crippen molar-refractivity contribution in [2.45, 2.75) is 27.3 Å². The number of hydrogen-bond acceptors (Lipinski definition) is 2. The molecule has 2 aromatic rings. The first-order valence-electron chi connectivity index (χ1n) is 7.56. The van der Waals surface area contributed by atoms with Gasteiger partial charge in [0, 0.05) is 12.2 Å². The molecular weight excluding hydrogens is 272 g/mol. The normalized spacial score (nSPS) is 10.8. The molecule has 0 radical (unpaired) electrons. The van der Waals surface area contributed by atoms with E-state index >= 15 is 0 Å². The molecule has 0 atom stereocenters. The van der Waals surface area contributed by atoms with Crippen LogP contribution < -0.4 is 5.32 Å². The van der Waals surface area contributed by atoms with E-state index in [-0.39, 0.29) is 5.91 Å². The SMILES string of the molecule is Cc1cccc(CN(C)CC(=O)Nc2c(C)cccc2C)c1. The van der Waals surface area contributed by atoms with E-state index in [9.17, 15) is 4.79 Å². The summed E-state index contributed by atoms with van der Waals surface area (Å²) >= 11 is 0. The van der Waals surface area contributed by atoms with Crippen LogP contribution in [0.15, 0.2) is 42.5 Å². The molecule has 1 amide bonds. The maximum absolute atomic E-state index is 12.2. The Morgan fingerprint density at radius 3 is 2.32 bits per heavy atom. The van der Waals surface area contributed by atoms with Crippen LogP contribution in [0.4, 0.5) is 5.69 Å². The molecule has 0 aliphatic rings. The summed E-state index contributed by atoms with van der Waals surface area (Å²) < 4.78 is 0. The summed E-state index contributed by atoms with van der Waals surface area (Å²) in [5.74, 6) is 0.0209. The molecule has 0 saturated carbocycles. The fourth-order valence-corrected chi connectivity index (χ4v) is 2.61. The number of amides is 1. The number of hydrogen-bond donors (Lipinski definition) is 1. The Balaban J connectivity index is 1.94. The highest BCUT2D eigenvalue weighted by molar-refractivity contribution is 5.93. The number of benzene rings is 2. The lowest BCUT2D eigenvalue weighted by Gasteiger charge is -2.18. The van der Waals surface area contributed by atoms with E-state index in [1.165, 1.54) is 11.1 Å². The molecule has 0 saturated heterocycles.